The largest absolute Gasteiger partial charge is 0.481 e. The van der Waals surface area contributed by atoms with Gasteiger partial charge in [0.15, 0.2) is 0 Å². The SMILES string of the molecule is CCC1(C(=O)O)CCN(C(=O)C2(N)CCCC(C)C2)CC1. The van der Waals surface area contributed by atoms with Crippen LogP contribution in [0.2, 0.25) is 0 Å². The molecule has 0 bridgehead atoms. The molecule has 120 valence electrons. The molecule has 0 aromatic heterocycles. The Bertz CT molecular complexity index is 416. The van der Waals surface area contributed by atoms with E-state index in [4.69, 9.17) is 5.73 Å². The van der Waals surface area contributed by atoms with Gasteiger partial charge in [-0.3, -0.25) is 9.59 Å². The Kier molecular flexibility index (Phi) is 4.61. The molecule has 2 aliphatic rings. The molecule has 2 unspecified atom stereocenters. The summed E-state index contributed by atoms with van der Waals surface area (Å²) in [5, 5.41) is 9.42. The van der Waals surface area contributed by atoms with Gasteiger partial charge in [0.25, 0.3) is 0 Å². The van der Waals surface area contributed by atoms with E-state index in [9.17, 15) is 14.7 Å². The van der Waals surface area contributed by atoms with Crippen LogP contribution in [0.4, 0.5) is 0 Å². The van der Waals surface area contributed by atoms with E-state index in [1.54, 1.807) is 4.90 Å². The Labute approximate surface area is 126 Å². The maximum atomic E-state index is 12.7. The van der Waals surface area contributed by atoms with E-state index in [-0.39, 0.29) is 5.91 Å². The highest BCUT2D eigenvalue weighted by Gasteiger charge is 2.45. The summed E-state index contributed by atoms with van der Waals surface area (Å²) in [5.41, 5.74) is 4.99. The molecule has 1 saturated heterocycles. The Morgan fingerprint density at radius 2 is 1.90 bits per heavy atom. The van der Waals surface area contributed by atoms with Gasteiger partial charge >= 0.3 is 5.97 Å². The van der Waals surface area contributed by atoms with Gasteiger partial charge in [-0.1, -0.05) is 26.7 Å². The summed E-state index contributed by atoms with van der Waals surface area (Å²) in [5.74, 6) is -0.207. The molecule has 0 radical (unpaired) electrons. The number of rotatable bonds is 3. The van der Waals surface area contributed by atoms with E-state index in [1.807, 2.05) is 6.92 Å². The molecule has 3 N–H and O–H groups in total. The highest BCUT2D eigenvalue weighted by Crippen LogP contribution is 2.37. The molecule has 1 aliphatic carbocycles. The number of carbonyl (C=O) groups excluding carboxylic acids is 1. The molecule has 2 fully saturated rings. The standard InChI is InChI=1S/C16H28N2O3/c1-3-15(14(20)21)7-9-18(10-8-15)13(19)16(17)6-4-5-12(2)11-16/h12H,3-11,17H2,1-2H3,(H,20,21). The van der Waals surface area contributed by atoms with Crippen LogP contribution in [0.3, 0.4) is 0 Å². The summed E-state index contributed by atoms with van der Waals surface area (Å²) >= 11 is 0. The lowest BCUT2D eigenvalue weighted by Gasteiger charge is -2.43. The number of aliphatic carboxylic acids is 1. The topological polar surface area (TPSA) is 83.6 Å². The lowest BCUT2D eigenvalue weighted by Crippen LogP contribution is -2.59. The minimum atomic E-state index is -0.731. The molecule has 5 heteroatoms. The highest BCUT2D eigenvalue weighted by atomic mass is 16.4. The van der Waals surface area contributed by atoms with Gasteiger partial charge in [0.2, 0.25) is 5.91 Å². The molecule has 1 saturated carbocycles. The zero-order chi connectivity index (χ0) is 15.7. The van der Waals surface area contributed by atoms with E-state index in [1.165, 1.54) is 0 Å². The number of amides is 1. The maximum Gasteiger partial charge on any atom is 0.309 e. The van der Waals surface area contributed by atoms with E-state index in [0.717, 1.165) is 25.7 Å². The maximum absolute atomic E-state index is 12.7. The van der Waals surface area contributed by atoms with E-state index in [2.05, 4.69) is 6.92 Å². The lowest BCUT2D eigenvalue weighted by atomic mass is 9.74. The Balaban J connectivity index is 2.01. The van der Waals surface area contributed by atoms with Crippen LogP contribution in [-0.2, 0) is 9.59 Å². The van der Waals surface area contributed by atoms with Crippen LogP contribution < -0.4 is 5.73 Å². The molecule has 0 aromatic rings. The van der Waals surface area contributed by atoms with Gasteiger partial charge in [0.05, 0.1) is 11.0 Å². The van der Waals surface area contributed by atoms with Gasteiger partial charge in [-0.25, -0.2) is 0 Å². The van der Waals surface area contributed by atoms with Crippen molar-refractivity contribution < 1.29 is 14.7 Å². The number of carboxylic acids is 1. The van der Waals surface area contributed by atoms with Gasteiger partial charge < -0.3 is 15.7 Å². The summed E-state index contributed by atoms with van der Waals surface area (Å²) in [6.07, 6.45) is 5.35. The third-order valence-corrected chi connectivity index (χ3v) is 5.60. The highest BCUT2D eigenvalue weighted by molar-refractivity contribution is 5.86. The monoisotopic (exact) mass is 296 g/mol. The number of hydrogen-bond acceptors (Lipinski definition) is 3. The molecular formula is C16H28N2O3. The van der Waals surface area contributed by atoms with Crippen LogP contribution in [0, 0.1) is 11.3 Å². The molecule has 0 spiro atoms. The van der Waals surface area contributed by atoms with Crippen LogP contribution >= 0.6 is 0 Å². The minimum Gasteiger partial charge on any atom is -0.481 e. The summed E-state index contributed by atoms with van der Waals surface area (Å²) < 4.78 is 0. The molecule has 2 atom stereocenters. The van der Waals surface area contributed by atoms with Crippen LogP contribution in [0.5, 0.6) is 0 Å². The average molecular weight is 296 g/mol. The van der Waals surface area contributed by atoms with Crippen LogP contribution in [-0.4, -0.2) is 40.5 Å². The fourth-order valence-corrected chi connectivity index (χ4v) is 3.96. The second-order valence-corrected chi connectivity index (χ2v) is 7.09. The second kappa shape index (κ2) is 5.95. The first-order valence-electron chi connectivity index (χ1n) is 8.15. The zero-order valence-corrected chi connectivity index (χ0v) is 13.2. The lowest BCUT2D eigenvalue weighted by molar-refractivity contribution is -0.156. The smallest absolute Gasteiger partial charge is 0.309 e. The predicted octanol–water partition coefficient (Wildman–Crippen LogP) is 2.00. The quantitative estimate of drug-likeness (QED) is 0.834. The van der Waals surface area contributed by atoms with Crippen molar-refractivity contribution in [2.45, 2.75) is 64.3 Å². The first-order chi connectivity index (χ1) is 9.83. The Morgan fingerprint density at radius 1 is 1.29 bits per heavy atom. The first kappa shape index (κ1) is 16.3. The number of carbonyl (C=O) groups is 2. The Morgan fingerprint density at radius 3 is 2.38 bits per heavy atom. The number of nitrogens with zero attached hydrogens (tertiary/aromatic N) is 1. The third kappa shape index (κ3) is 3.07. The van der Waals surface area contributed by atoms with Gasteiger partial charge in [0, 0.05) is 13.1 Å². The normalized spacial score (nSPS) is 32.7. The van der Waals surface area contributed by atoms with Gasteiger partial charge in [0.1, 0.15) is 0 Å². The summed E-state index contributed by atoms with van der Waals surface area (Å²) in [4.78, 5) is 26.0. The zero-order valence-electron chi connectivity index (χ0n) is 13.2. The van der Waals surface area contributed by atoms with Crippen molar-refractivity contribution in [3.8, 4) is 0 Å². The van der Waals surface area contributed by atoms with Crippen molar-refractivity contribution in [1.29, 1.82) is 0 Å². The minimum absolute atomic E-state index is 0.0316. The van der Waals surface area contributed by atoms with E-state index < -0.39 is 16.9 Å². The molecule has 1 amide bonds. The number of nitrogens with two attached hydrogens (primary N) is 1. The van der Waals surface area contributed by atoms with Crippen molar-refractivity contribution in [2.24, 2.45) is 17.1 Å². The van der Waals surface area contributed by atoms with Crippen molar-refractivity contribution in [2.75, 3.05) is 13.1 Å². The predicted molar refractivity (Wildman–Crippen MR) is 80.7 cm³/mol. The van der Waals surface area contributed by atoms with Crippen LogP contribution in [0.15, 0.2) is 0 Å². The Hall–Kier alpha value is -1.10. The molecular weight excluding hydrogens is 268 g/mol. The summed E-state index contributed by atoms with van der Waals surface area (Å²) in [7, 11) is 0. The molecule has 1 aliphatic heterocycles. The van der Waals surface area contributed by atoms with Crippen molar-refractivity contribution in [3.63, 3.8) is 0 Å². The third-order valence-electron chi connectivity index (χ3n) is 5.60. The first-order valence-corrected chi connectivity index (χ1v) is 8.15. The number of likely N-dealkylation sites (tertiary alicyclic amines) is 1. The molecule has 5 nitrogen and oxygen atoms in total. The van der Waals surface area contributed by atoms with Gasteiger partial charge in [-0.15, -0.1) is 0 Å². The molecule has 0 aromatic carbocycles. The molecule has 21 heavy (non-hydrogen) atoms. The summed E-state index contributed by atoms with van der Waals surface area (Å²) in [6.45, 7) is 5.11. The fourth-order valence-electron chi connectivity index (χ4n) is 3.96. The van der Waals surface area contributed by atoms with E-state index in [0.29, 0.717) is 38.3 Å². The van der Waals surface area contributed by atoms with Crippen molar-refractivity contribution in [3.05, 3.63) is 0 Å². The molecule has 1 heterocycles. The van der Waals surface area contributed by atoms with Gasteiger partial charge in [-0.2, -0.15) is 0 Å². The average Bonchev–Trinajstić information content (AvgIpc) is 2.46. The second-order valence-electron chi connectivity index (χ2n) is 7.09. The fraction of sp³-hybridized carbons (Fsp3) is 0.875. The summed E-state index contributed by atoms with van der Waals surface area (Å²) in [6, 6.07) is 0. The van der Waals surface area contributed by atoms with Crippen LogP contribution in [0.1, 0.15) is 58.8 Å². The van der Waals surface area contributed by atoms with Crippen LogP contribution in [0.25, 0.3) is 0 Å². The molecule has 2 rings (SSSR count). The van der Waals surface area contributed by atoms with E-state index >= 15 is 0 Å². The van der Waals surface area contributed by atoms with Crippen molar-refractivity contribution in [1.82, 2.24) is 4.90 Å². The van der Waals surface area contributed by atoms with Gasteiger partial charge in [-0.05, 0) is 38.0 Å². The number of carboxylic acid groups (broad SMARTS) is 1. The number of hydrogen-bond donors (Lipinski definition) is 2. The number of piperidine rings is 1. The van der Waals surface area contributed by atoms with Crippen molar-refractivity contribution >= 4 is 11.9 Å².